The summed E-state index contributed by atoms with van der Waals surface area (Å²) >= 11 is 6.72. The zero-order valence-electron chi connectivity index (χ0n) is 35.8. The van der Waals surface area contributed by atoms with Crippen LogP contribution in [0, 0.1) is 0 Å². The van der Waals surface area contributed by atoms with Gasteiger partial charge in [-0.15, -0.1) is 0 Å². The third kappa shape index (κ3) is 8.07. The molecule has 3 fully saturated rings. The fourth-order valence-corrected chi connectivity index (χ4v) is 10.0. The van der Waals surface area contributed by atoms with Gasteiger partial charge in [-0.1, -0.05) is 0 Å². The minimum atomic E-state index is -2.18. The van der Waals surface area contributed by atoms with Gasteiger partial charge in [0.1, 0.15) is 96.3 Å². The second-order valence-corrected chi connectivity index (χ2v) is 19.2. The van der Waals surface area contributed by atoms with Gasteiger partial charge in [0.25, 0.3) is 0 Å². The predicted octanol–water partition coefficient (Wildman–Crippen LogP) is 6.52. The van der Waals surface area contributed by atoms with E-state index in [-0.39, 0.29) is 31.3 Å². The topological polar surface area (TPSA) is 269 Å². The molecule has 0 radical (unpaired) electrons. The molecule has 67 heavy (non-hydrogen) atoms. The first-order valence-corrected chi connectivity index (χ1v) is 22.7. The standard InChI is InChI=1S/C24H24BrFN6O3.C21H20BrFN6O3/c1-23(2)34-18-17(32-6-5-14-20(27)29-11-30-22(14)32)9-24(26,19(18)35-23)10-33-13-4-3-12-7-15(25)21(28)31-16(12)8-13;22-13-5-10-1-2-11(6-14(10)28-19(13)25)32-8-21(23)7-15(16(30)17(21)31)29-4-3-12-18(24)26-9-27-20(12)29/h3-8,11,17-19H,9-10H2,1-2H3,(H2,28,31)(H2,27,29,30);1-6,9,15-17,30-31H,7-8H2,(H2,25,28)(H2,24,26,27)/t17-,18+,19+,24+;15-,16+,17+,21+/m11/s1. The molecule has 0 unspecified atom stereocenters. The second-order valence-electron chi connectivity index (χ2n) is 17.5. The zero-order chi connectivity index (χ0) is 47.2. The molecular formula is C45H44Br2F2N12O6. The molecule has 10 N–H and O–H groups in total. The molecule has 18 nitrogen and oxygen atoms in total. The van der Waals surface area contributed by atoms with Crippen molar-refractivity contribution in [1.82, 2.24) is 39.0 Å². The lowest BCUT2D eigenvalue weighted by Gasteiger charge is -2.28. The van der Waals surface area contributed by atoms with Crippen LogP contribution in [0.4, 0.5) is 32.1 Å². The Bertz CT molecular complexity index is 3220. The maximum Gasteiger partial charge on any atom is 0.175 e. The molecule has 8 atom stereocenters. The highest BCUT2D eigenvalue weighted by atomic mass is 79.9. The van der Waals surface area contributed by atoms with Crippen LogP contribution in [0.1, 0.15) is 38.8 Å². The Hall–Kier alpha value is -6.04. The lowest BCUT2D eigenvalue weighted by molar-refractivity contribution is -0.174. The largest absolute Gasteiger partial charge is 0.490 e. The third-order valence-corrected chi connectivity index (χ3v) is 13.9. The first-order chi connectivity index (χ1) is 31.9. The molecule has 1 aliphatic heterocycles. The van der Waals surface area contributed by atoms with Crippen LogP contribution in [0.25, 0.3) is 43.9 Å². The summed E-state index contributed by atoms with van der Waals surface area (Å²) in [6.45, 7) is 2.91. The molecule has 6 aromatic heterocycles. The van der Waals surface area contributed by atoms with Gasteiger partial charge in [-0.3, -0.25) is 0 Å². The van der Waals surface area contributed by atoms with Crippen LogP contribution in [0.3, 0.4) is 0 Å². The van der Waals surface area contributed by atoms with E-state index in [2.05, 4.69) is 61.8 Å². The number of nitrogens with two attached hydrogens (primary N) is 4. The lowest BCUT2D eigenvalue weighted by Crippen LogP contribution is -2.43. The fraction of sp³-hybridized carbons (Fsp3) is 0.333. The Kier molecular flexibility index (Phi) is 11.1. The molecule has 3 aliphatic rings. The molecule has 2 aromatic carbocycles. The van der Waals surface area contributed by atoms with E-state index in [1.54, 1.807) is 61.0 Å². The van der Waals surface area contributed by atoms with Gasteiger partial charge in [0.05, 0.1) is 42.8 Å². The van der Waals surface area contributed by atoms with Crippen molar-refractivity contribution < 1.29 is 37.9 Å². The number of hydrogen-bond donors (Lipinski definition) is 6. The Morgan fingerprint density at radius 3 is 1.70 bits per heavy atom. The predicted molar refractivity (Wildman–Crippen MR) is 253 cm³/mol. The number of alkyl halides is 2. The first-order valence-electron chi connectivity index (χ1n) is 21.1. The summed E-state index contributed by atoms with van der Waals surface area (Å²) in [5.41, 5.74) is 22.0. The van der Waals surface area contributed by atoms with Crippen molar-refractivity contribution in [3.05, 3.63) is 94.7 Å². The van der Waals surface area contributed by atoms with Gasteiger partial charge < -0.3 is 61.2 Å². The van der Waals surface area contributed by atoms with E-state index in [0.717, 1.165) is 15.2 Å². The van der Waals surface area contributed by atoms with E-state index in [4.69, 9.17) is 41.9 Å². The maximum atomic E-state index is 16.6. The van der Waals surface area contributed by atoms with E-state index >= 15 is 8.78 Å². The monoisotopic (exact) mass is 1040 g/mol. The molecule has 22 heteroatoms. The molecule has 2 saturated carbocycles. The summed E-state index contributed by atoms with van der Waals surface area (Å²) in [6, 6.07) is 16.7. The van der Waals surface area contributed by atoms with Crippen molar-refractivity contribution in [3.63, 3.8) is 0 Å². The van der Waals surface area contributed by atoms with E-state index in [9.17, 15) is 10.2 Å². The summed E-state index contributed by atoms with van der Waals surface area (Å²) < 4.78 is 61.1. The van der Waals surface area contributed by atoms with Crippen LogP contribution >= 0.6 is 31.9 Å². The number of nitrogens with zero attached hydrogens (tertiary/aromatic N) is 8. The number of anilines is 4. The van der Waals surface area contributed by atoms with Crippen LogP contribution in [0.5, 0.6) is 11.5 Å². The lowest BCUT2D eigenvalue weighted by atomic mass is 10.0. The van der Waals surface area contributed by atoms with E-state index < -0.39 is 54.2 Å². The summed E-state index contributed by atoms with van der Waals surface area (Å²) in [4.78, 5) is 25.2. The first kappa shape index (κ1) is 44.8. The number of aliphatic hydroxyl groups excluding tert-OH is 2. The molecule has 7 heterocycles. The summed E-state index contributed by atoms with van der Waals surface area (Å²) in [6.07, 6.45) is 1.81. The van der Waals surface area contributed by atoms with Crippen LogP contribution in [-0.4, -0.2) is 104 Å². The second kappa shape index (κ2) is 16.6. The number of fused-ring (bicyclic) bond motifs is 5. The van der Waals surface area contributed by atoms with Gasteiger partial charge >= 0.3 is 0 Å². The zero-order valence-corrected chi connectivity index (χ0v) is 39.0. The molecule has 0 spiro atoms. The minimum absolute atomic E-state index is 0.123. The Morgan fingerprint density at radius 2 is 1.16 bits per heavy atom. The van der Waals surface area contributed by atoms with Crippen LogP contribution in [0.15, 0.2) is 94.7 Å². The van der Waals surface area contributed by atoms with Gasteiger partial charge in [-0.05, 0) is 94.2 Å². The van der Waals surface area contributed by atoms with Crippen molar-refractivity contribution >= 4 is 99.0 Å². The molecule has 2 aliphatic carbocycles. The molecular weight excluding hydrogens is 1000 g/mol. The summed E-state index contributed by atoms with van der Waals surface area (Å²) in [7, 11) is 0. The number of ether oxygens (including phenoxy) is 4. The summed E-state index contributed by atoms with van der Waals surface area (Å²) in [5.74, 6) is 1.31. The van der Waals surface area contributed by atoms with Gasteiger partial charge in [0.15, 0.2) is 17.1 Å². The normalized spacial score (nSPS) is 26.6. The number of aromatic nitrogens is 8. The van der Waals surface area contributed by atoms with Crippen molar-refractivity contribution in [2.75, 3.05) is 36.1 Å². The average Bonchev–Trinajstić information content (AvgIpc) is 4.10. The number of hydrogen-bond acceptors (Lipinski definition) is 16. The minimum Gasteiger partial charge on any atom is -0.490 e. The SMILES string of the molecule is CC1(C)O[C@H]2[C@H](n3ccc4c(N)ncnc43)C[C@](F)(COc3ccc4cc(Br)c(N)nc4c3)[C@H]2O1.Nc1nc2cc(OC[C@@]3(F)C[C@@H](n4ccc5c(N)ncnc54)[C@H](O)[C@@H]3O)ccc2cc1Br. The van der Waals surface area contributed by atoms with Crippen LogP contribution in [0.2, 0.25) is 0 Å². The number of benzene rings is 2. The Morgan fingerprint density at radius 1 is 0.672 bits per heavy atom. The molecule has 8 aromatic rings. The van der Waals surface area contributed by atoms with Crippen LogP contribution < -0.4 is 32.4 Å². The van der Waals surface area contributed by atoms with Gasteiger partial charge in [0.2, 0.25) is 0 Å². The average molecular weight is 1050 g/mol. The number of halogens is 4. The molecule has 0 bridgehead atoms. The van der Waals surface area contributed by atoms with Crippen molar-refractivity contribution in [2.24, 2.45) is 0 Å². The van der Waals surface area contributed by atoms with Gasteiger partial charge in [0, 0.05) is 48.1 Å². The Labute approximate surface area is 396 Å². The fourth-order valence-electron chi connectivity index (χ4n) is 9.34. The van der Waals surface area contributed by atoms with E-state index in [0.29, 0.717) is 66.5 Å². The number of pyridine rings is 2. The van der Waals surface area contributed by atoms with Crippen LogP contribution in [-0.2, 0) is 9.47 Å². The molecule has 11 rings (SSSR count). The van der Waals surface area contributed by atoms with Gasteiger partial charge in [-0.25, -0.2) is 38.7 Å². The number of nitrogen functional groups attached to an aromatic ring is 4. The number of aliphatic hydroxyl groups is 2. The van der Waals surface area contributed by atoms with Crippen molar-refractivity contribution in [2.45, 2.75) is 80.3 Å². The van der Waals surface area contributed by atoms with E-state index in [1.807, 2.05) is 35.0 Å². The highest BCUT2D eigenvalue weighted by Crippen LogP contribution is 2.52. The molecule has 0 amide bonds. The Balaban J connectivity index is 0.000000157. The third-order valence-electron chi connectivity index (χ3n) is 12.7. The van der Waals surface area contributed by atoms with Gasteiger partial charge in [-0.2, -0.15) is 0 Å². The highest BCUT2D eigenvalue weighted by Gasteiger charge is 2.63. The maximum absolute atomic E-state index is 16.6. The van der Waals surface area contributed by atoms with E-state index in [1.165, 1.54) is 12.7 Å². The summed E-state index contributed by atoms with van der Waals surface area (Å²) in [5, 5.41) is 24.2. The van der Waals surface area contributed by atoms with Crippen molar-refractivity contribution in [3.8, 4) is 11.5 Å². The number of rotatable bonds is 8. The smallest absolute Gasteiger partial charge is 0.175 e. The molecule has 1 saturated heterocycles. The molecule has 348 valence electrons. The van der Waals surface area contributed by atoms with Crippen molar-refractivity contribution in [1.29, 1.82) is 0 Å². The quantitative estimate of drug-likeness (QED) is 0.0946. The highest BCUT2D eigenvalue weighted by molar-refractivity contribution is 9.11.